The van der Waals surface area contributed by atoms with E-state index in [0.29, 0.717) is 0 Å². The standard InChI is InChI=1S/C6H7F2N/c1-5(4-9)2-6(7,8)3-5/h2-3H2,1H3. The summed E-state index contributed by atoms with van der Waals surface area (Å²) >= 11 is 0. The van der Waals surface area contributed by atoms with E-state index in [9.17, 15) is 8.78 Å². The Morgan fingerprint density at radius 3 is 2.00 bits per heavy atom. The summed E-state index contributed by atoms with van der Waals surface area (Å²) in [5.41, 5.74) is -0.747. The molecule has 0 bridgehead atoms. The number of nitrogens with zero attached hydrogens (tertiary/aromatic N) is 1. The zero-order chi connectivity index (χ0) is 7.12. The van der Waals surface area contributed by atoms with Crippen LogP contribution in [-0.4, -0.2) is 5.92 Å². The lowest BCUT2D eigenvalue weighted by Crippen LogP contribution is -2.42. The zero-order valence-electron chi connectivity index (χ0n) is 5.12. The van der Waals surface area contributed by atoms with Crippen LogP contribution in [0.2, 0.25) is 0 Å². The van der Waals surface area contributed by atoms with Crippen LogP contribution in [0.3, 0.4) is 0 Å². The van der Waals surface area contributed by atoms with Gasteiger partial charge in [0, 0.05) is 12.8 Å². The van der Waals surface area contributed by atoms with Gasteiger partial charge >= 0.3 is 0 Å². The molecule has 0 aromatic heterocycles. The number of alkyl halides is 2. The molecule has 0 atom stereocenters. The van der Waals surface area contributed by atoms with Crippen LogP contribution < -0.4 is 0 Å². The van der Waals surface area contributed by atoms with Crippen molar-refractivity contribution in [2.24, 2.45) is 5.41 Å². The smallest absolute Gasteiger partial charge is 0.207 e. The van der Waals surface area contributed by atoms with Gasteiger partial charge in [0.15, 0.2) is 0 Å². The van der Waals surface area contributed by atoms with Crippen molar-refractivity contribution >= 4 is 0 Å². The van der Waals surface area contributed by atoms with Gasteiger partial charge in [-0.1, -0.05) is 0 Å². The molecule has 9 heavy (non-hydrogen) atoms. The number of hydrogen-bond acceptors (Lipinski definition) is 1. The van der Waals surface area contributed by atoms with Crippen LogP contribution in [0.15, 0.2) is 0 Å². The predicted molar refractivity (Wildman–Crippen MR) is 27.9 cm³/mol. The molecule has 0 aromatic carbocycles. The van der Waals surface area contributed by atoms with Crippen molar-refractivity contribution in [3.8, 4) is 6.07 Å². The Hall–Kier alpha value is -0.650. The molecule has 3 heteroatoms. The van der Waals surface area contributed by atoms with Crippen molar-refractivity contribution in [3.63, 3.8) is 0 Å². The van der Waals surface area contributed by atoms with Crippen LogP contribution in [0.5, 0.6) is 0 Å². The minimum atomic E-state index is -2.56. The summed E-state index contributed by atoms with van der Waals surface area (Å²) in [5, 5.41) is 8.29. The summed E-state index contributed by atoms with van der Waals surface area (Å²) in [6.45, 7) is 1.56. The van der Waals surface area contributed by atoms with Gasteiger partial charge in [-0.2, -0.15) is 5.26 Å². The summed E-state index contributed by atoms with van der Waals surface area (Å²) in [6, 6.07) is 1.85. The summed E-state index contributed by atoms with van der Waals surface area (Å²) in [5.74, 6) is -2.56. The lowest BCUT2D eigenvalue weighted by molar-refractivity contribution is -0.131. The first-order valence-electron chi connectivity index (χ1n) is 2.77. The number of halogens is 2. The summed E-state index contributed by atoms with van der Waals surface area (Å²) in [7, 11) is 0. The second kappa shape index (κ2) is 1.44. The lowest BCUT2D eigenvalue weighted by atomic mass is 9.69. The van der Waals surface area contributed by atoms with Crippen LogP contribution in [0, 0.1) is 16.7 Å². The molecule has 0 radical (unpaired) electrons. The van der Waals surface area contributed by atoms with Crippen LogP contribution in [0.4, 0.5) is 8.78 Å². The highest BCUT2D eigenvalue weighted by molar-refractivity contribution is 5.08. The molecule has 0 amide bonds. The molecule has 1 saturated carbocycles. The fourth-order valence-electron chi connectivity index (χ4n) is 1.17. The van der Waals surface area contributed by atoms with E-state index in [0.717, 1.165) is 0 Å². The quantitative estimate of drug-likeness (QED) is 0.492. The first kappa shape index (κ1) is 6.47. The molecule has 0 aliphatic heterocycles. The van der Waals surface area contributed by atoms with Crippen LogP contribution >= 0.6 is 0 Å². The average Bonchev–Trinajstić information content (AvgIpc) is 1.61. The molecule has 0 saturated heterocycles. The second-order valence-corrected chi connectivity index (χ2v) is 2.88. The third kappa shape index (κ3) is 1.02. The third-order valence-electron chi connectivity index (χ3n) is 1.57. The van der Waals surface area contributed by atoms with Crippen molar-refractivity contribution in [1.82, 2.24) is 0 Å². The van der Waals surface area contributed by atoms with Crippen LogP contribution in [0.1, 0.15) is 19.8 Å². The van der Waals surface area contributed by atoms with Gasteiger partial charge in [0.1, 0.15) is 0 Å². The minimum Gasteiger partial charge on any atom is -0.207 e. The first-order chi connectivity index (χ1) is 3.97. The molecule has 1 rings (SSSR count). The molecule has 1 aliphatic rings. The van der Waals surface area contributed by atoms with E-state index < -0.39 is 11.3 Å². The van der Waals surface area contributed by atoms with E-state index in [1.54, 1.807) is 6.92 Å². The fraction of sp³-hybridized carbons (Fsp3) is 0.833. The summed E-state index contributed by atoms with van der Waals surface area (Å²) < 4.78 is 24.1. The molecular weight excluding hydrogens is 124 g/mol. The van der Waals surface area contributed by atoms with Crippen molar-refractivity contribution < 1.29 is 8.78 Å². The van der Waals surface area contributed by atoms with Crippen molar-refractivity contribution in [1.29, 1.82) is 5.26 Å². The second-order valence-electron chi connectivity index (χ2n) is 2.88. The molecule has 0 N–H and O–H groups in total. The topological polar surface area (TPSA) is 23.8 Å². The summed E-state index contributed by atoms with van der Waals surface area (Å²) in [4.78, 5) is 0. The van der Waals surface area contributed by atoms with E-state index in [-0.39, 0.29) is 12.8 Å². The number of hydrogen-bond donors (Lipinski definition) is 0. The van der Waals surface area contributed by atoms with Crippen molar-refractivity contribution in [2.45, 2.75) is 25.7 Å². The zero-order valence-corrected chi connectivity index (χ0v) is 5.12. The highest BCUT2D eigenvalue weighted by Gasteiger charge is 2.54. The molecule has 0 heterocycles. The molecule has 1 fully saturated rings. The fourth-order valence-corrected chi connectivity index (χ4v) is 1.17. The SMILES string of the molecule is CC1(C#N)CC(F)(F)C1. The van der Waals surface area contributed by atoms with E-state index in [2.05, 4.69) is 0 Å². The van der Waals surface area contributed by atoms with Gasteiger partial charge < -0.3 is 0 Å². The van der Waals surface area contributed by atoms with Gasteiger partial charge in [-0.25, -0.2) is 8.78 Å². The Bertz CT molecular complexity index is 160. The molecule has 1 nitrogen and oxygen atoms in total. The first-order valence-corrected chi connectivity index (χ1v) is 2.77. The molecule has 1 aliphatic carbocycles. The van der Waals surface area contributed by atoms with Gasteiger partial charge in [0.05, 0.1) is 11.5 Å². The minimum absolute atomic E-state index is 0.267. The van der Waals surface area contributed by atoms with E-state index in [1.165, 1.54) is 0 Å². The van der Waals surface area contributed by atoms with E-state index in [1.807, 2.05) is 6.07 Å². The van der Waals surface area contributed by atoms with Crippen LogP contribution in [-0.2, 0) is 0 Å². The van der Waals surface area contributed by atoms with Crippen molar-refractivity contribution in [2.75, 3.05) is 0 Å². The Kier molecular flexibility index (Phi) is 1.03. The maximum Gasteiger partial charge on any atom is 0.251 e. The predicted octanol–water partition coefficient (Wildman–Crippen LogP) is 1.95. The highest BCUT2D eigenvalue weighted by Crippen LogP contribution is 2.50. The van der Waals surface area contributed by atoms with Gasteiger partial charge in [0.25, 0.3) is 5.92 Å². The molecule has 0 unspecified atom stereocenters. The van der Waals surface area contributed by atoms with Gasteiger partial charge in [-0.05, 0) is 6.92 Å². The molecular formula is C6H7F2N. The number of rotatable bonds is 0. The lowest BCUT2D eigenvalue weighted by Gasteiger charge is -2.39. The summed E-state index contributed by atoms with van der Waals surface area (Å²) in [6.07, 6.45) is -0.535. The van der Waals surface area contributed by atoms with Gasteiger partial charge in [-0.15, -0.1) is 0 Å². The van der Waals surface area contributed by atoms with E-state index >= 15 is 0 Å². The maximum atomic E-state index is 12.1. The Morgan fingerprint density at radius 2 is 1.89 bits per heavy atom. The monoisotopic (exact) mass is 131 g/mol. The average molecular weight is 131 g/mol. The van der Waals surface area contributed by atoms with Gasteiger partial charge in [0.2, 0.25) is 0 Å². The van der Waals surface area contributed by atoms with E-state index in [4.69, 9.17) is 5.26 Å². The van der Waals surface area contributed by atoms with Gasteiger partial charge in [-0.3, -0.25) is 0 Å². The third-order valence-corrected chi connectivity index (χ3v) is 1.57. The van der Waals surface area contributed by atoms with Crippen LogP contribution in [0.25, 0.3) is 0 Å². The molecule has 0 spiro atoms. The number of nitriles is 1. The highest BCUT2D eigenvalue weighted by atomic mass is 19.3. The molecule has 50 valence electrons. The Morgan fingerprint density at radius 1 is 1.44 bits per heavy atom. The Labute approximate surface area is 52.3 Å². The largest absolute Gasteiger partial charge is 0.251 e. The molecule has 0 aromatic rings. The Balaban J connectivity index is 2.54. The van der Waals surface area contributed by atoms with Crippen molar-refractivity contribution in [3.05, 3.63) is 0 Å². The maximum absolute atomic E-state index is 12.1. The normalized spacial score (nSPS) is 28.2.